The van der Waals surface area contributed by atoms with Crippen molar-refractivity contribution in [1.82, 2.24) is 14.7 Å². The smallest absolute Gasteiger partial charge is 0.313 e. The molecule has 0 aliphatic carbocycles. The Morgan fingerprint density at radius 1 is 0.972 bits per heavy atom. The molecule has 3 saturated heterocycles. The lowest BCUT2D eigenvalue weighted by Gasteiger charge is -2.37. The number of carbonyl (C=O) groups is 3. The molecule has 0 aromatic rings. The van der Waals surface area contributed by atoms with E-state index in [4.69, 9.17) is 14.2 Å². The molecule has 10 nitrogen and oxygen atoms in total. The molecule has 5 aliphatic heterocycles. The fourth-order valence-electron chi connectivity index (χ4n) is 6.50. The minimum absolute atomic E-state index is 0.0860. The van der Waals surface area contributed by atoms with Crippen LogP contribution >= 0.6 is 0 Å². The van der Waals surface area contributed by atoms with Gasteiger partial charge in [0.05, 0.1) is 24.7 Å². The third kappa shape index (κ3) is 4.27. The van der Waals surface area contributed by atoms with Crippen molar-refractivity contribution in [3.8, 4) is 0 Å². The van der Waals surface area contributed by atoms with Gasteiger partial charge in [-0.2, -0.15) is 0 Å². The molecule has 0 bridgehead atoms. The van der Waals surface area contributed by atoms with Gasteiger partial charge in [-0.3, -0.25) is 19.3 Å². The number of hydrogen-bond acceptors (Lipinski definition) is 8. The molecule has 10 heteroatoms. The van der Waals surface area contributed by atoms with E-state index in [2.05, 4.69) is 4.90 Å². The molecule has 1 N–H and O–H groups in total. The number of fused-ring (bicyclic) bond motifs is 2. The van der Waals surface area contributed by atoms with Crippen LogP contribution in [0.4, 0.5) is 0 Å². The third-order valence-corrected chi connectivity index (χ3v) is 8.24. The van der Waals surface area contributed by atoms with Gasteiger partial charge < -0.3 is 29.1 Å². The molecular weight excluding hydrogens is 466 g/mol. The van der Waals surface area contributed by atoms with Crippen LogP contribution in [0.25, 0.3) is 0 Å². The van der Waals surface area contributed by atoms with Crippen molar-refractivity contribution in [3.05, 3.63) is 24.3 Å². The summed E-state index contributed by atoms with van der Waals surface area (Å²) in [5, 5.41) is 9.18. The van der Waals surface area contributed by atoms with Crippen LogP contribution in [0.3, 0.4) is 0 Å². The Morgan fingerprint density at radius 3 is 2.56 bits per heavy atom. The second-order valence-electron chi connectivity index (χ2n) is 10.5. The standard InChI is InChI=1S/C26H37N3O7/c1-25-7-6-16-35-24(33)20(25)19-22(31)29(10-3-2-4-15-30)21-23(32)28(9-5-8-26(19,21)36-25)12-11-27-13-17-34-18-14-27/h5-8,19-21,30H,2-4,9-18H2,1H3/t19-,20-,21?,25+,26-/m0/s1. The first-order chi connectivity index (χ1) is 17.4. The van der Waals surface area contributed by atoms with Gasteiger partial charge in [0.2, 0.25) is 11.8 Å². The molecule has 0 radical (unpaired) electrons. The van der Waals surface area contributed by atoms with Crippen molar-refractivity contribution in [2.45, 2.75) is 43.4 Å². The summed E-state index contributed by atoms with van der Waals surface area (Å²) < 4.78 is 17.5. The molecule has 1 spiro atoms. The lowest BCUT2D eigenvalue weighted by atomic mass is 9.75. The van der Waals surface area contributed by atoms with Crippen LogP contribution in [-0.4, -0.2) is 121 Å². The zero-order valence-corrected chi connectivity index (χ0v) is 21.0. The predicted molar refractivity (Wildman–Crippen MR) is 129 cm³/mol. The van der Waals surface area contributed by atoms with Crippen molar-refractivity contribution in [1.29, 1.82) is 0 Å². The van der Waals surface area contributed by atoms with Crippen LogP contribution in [-0.2, 0) is 28.6 Å². The van der Waals surface area contributed by atoms with Gasteiger partial charge >= 0.3 is 5.97 Å². The number of carbonyl (C=O) groups excluding carboxylic acids is 3. The minimum atomic E-state index is -1.24. The van der Waals surface area contributed by atoms with Crippen molar-refractivity contribution in [2.75, 3.05) is 65.7 Å². The van der Waals surface area contributed by atoms with E-state index in [0.29, 0.717) is 45.7 Å². The summed E-state index contributed by atoms with van der Waals surface area (Å²) in [6.45, 7) is 7.14. The molecule has 198 valence electrons. The van der Waals surface area contributed by atoms with Gasteiger partial charge in [0.25, 0.3) is 0 Å². The molecule has 0 aromatic carbocycles. The van der Waals surface area contributed by atoms with Gasteiger partial charge in [-0.1, -0.05) is 18.2 Å². The highest BCUT2D eigenvalue weighted by molar-refractivity contribution is 5.99. The van der Waals surface area contributed by atoms with E-state index in [1.807, 2.05) is 25.2 Å². The fourth-order valence-corrected chi connectivity index (χ4v) is 6.50. The summed E-state index contributed by atoms with van der Waals surface area (Å²) in [4.78, 5) is 46.9. The van der Waals surface area contributed by atoms with Crippen LogP contribution in [0.5, 0.6) is 0 Å². The normalized spacial score (nSPS) is 36.4. The predicted octanol–water partition coefficient (Wildman–Crippen LogP) is -0.0365. The van der Waals surface area contributed by atoms with E-state index in [1.165, 1.54) is 0 Å². The summed E-state index contributed by atoms with van der Waals surface area (Å²) in [7, 11) is 0. The summed E-state index contributed by atoms with van der Waals surface area (Å²) in [5.41, 5.74) is -2.28. The van der Waals surface area contributed by atoms with E-state index in [9.17, 15) is 19.5 Å². The van der Waals surface area contributed by atoms with E-state index in [-0.39, 0.29) is 25.0 Å². The van der Waals surface area contributed by atoms with Gasteiger partial charge in [0.15, 0.2) is 0 Å². The average molecular weight is 504 g/mol. The number of aliphatic hydroxyl groups is 1. The molecule has 5 aliphatic rings. The zero-order valence-electron chi connectivity index (χ0n) is 21.0. The van der Waals surface area contributed by atoms with Crippen molar-refractivity contribution in [2.24, 2.45) is 11.8 Å². The van der Waals surface area contributed by atoms with Gasteiger partial charge in [-0.15, -0.1) is 0 Å². The number of esters is 1. The first kappa shape index (κ1) is 25.4. The van der Waals surface area contributed by atoms with Gasteiger partial charge in [-0.25, -0.2) is 0 Å². The van der Waals surface area contributed by atoms with Crippen LogP contribution in [0, 0.1) is 11.8 Å². The van der Waals surface area contributed by atoms with Crippen LogP contribution < -0.4 is 0 Å². The Morgan fingerprint density at radius 2 is 1.78 bits per heavy atom. The molecule has 36 heavy (non-hydrogen) atoms. The lowest BCUT2D eigenvalue weighted by molar-refractivity contribution is -0.157. The number of ether oxygens (including phenoxy) is 3. The number of cyclic esters (lactones) is 1. The SMILES string of the molecule is C[C@@]12C=CCOC(=O)[C@@H]1[C@H]1C(=O)N(CCCCCO)C3C(=O)N(CCN4CCOCC4)CC=C[C@@]31O2. The molecular formula is C26H37N3O7. The summed E-state index contributed by atoms with van der Waals surface area (Å²) in [6.07, 6.45) is 9.36. The van der Waals surface area contributed by atoms with E-state index in [0.717, 1.165) is 26.1 Å². The number of aliphatic hydroxyl groups excluding tert-OH is 1. The number of morpholine rings is 1. The molecule has 5 atom stereocenters. The number of unbranched alkanes of at least 4 members (excludes halogenated alkanes) is 2. The number of rotatable bonds is 8. The first-order valence-corrected chi connectivity index (χ1v) is 13.1. The molecule has 1 unspecified atom stereocenters. The average Bonchev–Trinajstić information content (AvgIpc) is 3.12. The lowest BCUT2D eigenvalue weighted by Crippen LogP contribution is -2.56. The number of amides is 2. The Labute approximate surface area is 211 Å². The maximum Gasteiger partial charge on any atom is 0.313 e. The Hall–Kier alpha value is -2.27. The topological polar surface area (TPSA) is 109 Å². The zero-order chi connectivity index (χ0) is 25.3. The highest BCUT2D eigenvalue weighted by Crippen LogP contribution is 2.57. The monoisotopic (exact) mass is 503 g/mol. The van der Waals surface area contributed by atoms with E-state index in [1.54, 1.807) is 15.9 Å². The molecule has 0 aromatic heterocycles. The Balaban J connectivity index is 1.46. The molecule has 2 amide bonds. The Kier molecular flexibility index (Phi) is 7.22. The van der Waals surface area contributed by atoms with Crippen LogP contribution in [0.2, 0.25) is 0 Å². The quantitative estimate of drug-likeness (QED) is 0.279. The summed E-state index contributed by atoms with van der Waals surface area (Å²) in [6, 6.07) is -0.850. The van der Waals surface area contributed by atoms with Gasteiger partial charge in [-0.05, 0) is 32.3 Å². The summed E-state index contributed by atoms with van der Waals surface area (Å²) in [5.74, 6) is -2.51. The molecule has 3 fully saturated rings. The first-order valence-electron chi connectivity index (χ1n) is 13.1. The van der Waals surface area contributed by atoms with E-state index >= 15 is 0 Å². The largest absolute Gasteiger partial charge is 0.461 e. The van der Waals surface area contributed by atoms with Crippen molar-refractivity contribution in [3.63, 3.8) is 0 Å². The van der Waals surface area contributed by atoms with Crippen molar-refractivity contribution >= 4 is 17.8 Å². The van der Waals surface area contributed by atoms with E-state index < -0.39 is 35.0 Å². The van der Waals surface area contributed by atoms with Crippen LogP contribution in [0.15, 0.2) is 24.3 Å². The maximum atomic E-state index is 14.1. The maximum absolute atomic E-state index is 14.1. The number of likely N-dealkylation sites (tertiary alicyclic amines) is 1. The molecule has 0 saturated carbocycles. The van der Waals surface area contributed by atoms with Gasteiger partial charge in [0, 0.05) is 45.9 Å². The fraction of sp³-hybridized carbons (Fsp3) is 0.731. The number of nitrogens with zero attached hydrogens (tertiary/aromatic N) is 3. The second kappa shape index (κ2) is 10.2. The van der Waals surface area contributed by atoms with Gasteiger partial charge in [0.1, 0.15) is 24.2 Å². The third-order valence-electron chi connectivity index (χ3n) is 8.24. The molecule has 5 heterocycles. The second-order valence-corrected chi connectivity index (χ2v) is 10.5. The summed E-state index contributed by atoms with van der Waals surface area (Å²) >= 11 is 0. The highest BCUT2D eigenvalue weighted by atomic mass is 16.6. The van der Waals surface area contributed by atoms with Crippen LogP contribution in [0.1, 0.15) is 26.2 Å². The minimum Gasteiger partial charge on any atom is -0.461 e. The number of hydrogen-bond donors (Lipinski definition) is 1. The molecule has 5 rings (SSSR count). The highest BCUT2D eigenvalue weighted by Gasteiger charge is 2.74. The Bertz CT molecular complexity index is 932. The van der Waals surface area contributed by atoms with Crippen molar-refractivity contribution < 1.29 is 33.7 Å².